The molecule has 1 aromatic rings. The number of ether oxygens (including phenoxy) is 1. The van der Waals surface area contributed by atoms with E-state index >= 15 is 0 Å². The van der Waals surface area contributed by atoms with Crippen LogP contribution in [-0.2, 0) is 21.3 Å². The van der Waals surface area contributed by atoms with Crippen LogP contribution in [0.15, 0.2) is 30.3 Å². The van der Waals surface area contributed by atoms with Crippen LogP contribution < -0.4 is 0 Å². The lowest BCUT2D eigenvalue weighted by molar-refractivity contribution is 0.127. The quantitative estimate of drug-likeness (QED) is 0.530. The van der Waals surface area contributed by atoms with Crippen LogP contribution in [0.25, 0.3) is 0 Å². The molecule has 0 aliphatic carbocycles. The normalized spacial score (nSPS) is 11.6. The lowest BCUT2D eigenvalue weighted by Crippen LogP contribution is -2.05. The van der Waals surface area contributed by atoms with E-state index in [0.29, 0.717) is 26.1 Å². The summed E-state index contributed by atoms with van der Waals surface area (Å²) in [5.41, 5.74) is 1.34. The van der Waals surface area contributed by atoms with Gasteiger partial charge in [0, 0.05) is 13.2 Å². The molecule has 0 aliphatic heterocycles. The van der Waals surface area contributed by atoms with Gasteiger partial charge in [-0.1, -0.05) is 30.3 Å². The van der Waals surface area contributed by atoms with Gasteiger partial charge >= 0.3 is 0 Å². The Balaban J connectivity index is 1.89. The van der Waals surface area contributed by atoms with Crippen molar-refractivity contribution in [1.29, 1.82) is 0 Å². The topological polar surface area (TPSA) is 63.6 Å². The number of benzene rings is 1. The third-order valence-corrected chi connectivity index (χ3v) is 3.59. The van der Waals surface area contributed by atoms with Gasteiger partial charge in [-0.3, -0.25) is 4.55 Å². The predicted molar refractivity (Wildman–Crippen MR) is 75.8 cm³/mol. The van der Waals surface area contributed by atoms with Gasteiger partial charge in [-0.15, -0.1) is 0 Å². The number of rotatable bonds is 10. The number of unbranched alkanes of at least 4 members (excludes halogenated alkanes) is 2. The molecule has 0 aromatic heterocycles. The monoisotopic (exact) mass is 286 g/mol. The Hall–Kier alpha value is -0.910. The van der Waals surface area contributed by atoms with Crippen molar-refractivity contribution in [2.45, 2.75) is 32.1 Å². The summed E-state index contributed by atoms with van der Waals surface area (Å²) < 4.78 is 34.8. The Kier molecular flexibility index (Phi) is 7.70. The smallest absolute Gasteiger partial charge is 0.264 e. The van der Waals surface area contributed by atoms with Crippen molar-refractivity contribution in [3.63, 3.8) is 0 Å². The van der Waals surface area contributed by atoms with Gasteiger partial charge in [-0.2, -0.15) is 8.42 Å². The Labute approximate surface area is 115 Å². The summed E-state index contributed by atoms with van der Waals surface area (Å²) in [4.78, 5) is 0. The first kappa shape index (κ1) is 16.1. The van der Waals surface area contributed by atoms with Crippen molar-refractivity contribution in [2.75, 3.05) is 19.0 Å². The highest BCUT2D eigenvalue weighted by Crippen LogP contribution is 2.04. The minimum atomic E-state index is -3.81. The van der Waals surface area contributed by atoms with Gasteiger partial charge in [0.15, 0.2) is 0 Å². The third-order valence-electron chi connectivity index (χ3n) is 2.79. The number of hydrogen-bond donors (Lipinski definition) is 1. The molecule has 0 unspecified atom stereocenters. The second-order valence-corrected chi connectivity index (χ2v) is 6.12. The maximum atomic E-state index is 10.5. The highest BCUT2D eigenvalue weighted by molar-refractivity contribution is 7.85. The van der Waals surface area contributed by atoms with Gasteiger partial charge in [0.2, 0.25) is 0 Å². The molecular formula is C14H22O4S. The maximum Gasteiger partial charge on any atom is 0.264 e. The first-order chi connectivity index (χ1) is 9.08. The van der Waals surface area contributed by atoms with Crippen LogP contribution in [-0.4, -0.2) is 31.9 Å². The molecule has 5 heteroatoms. The van der Waals surface area contributed by atoms with E-state index in [2.05, 4.69) is 12.1 Å². The molecule has 0 spiro atoms. The summed E-state index contributed by atoms with van der Waals surface area (Å²) in [6.45, 7) is 1.26. The highest BCUT2D eigenvalue weighted by atomic mass is 32.2. The van der Waals surface area contributed by atoms with Crippen molar-refractivity contribution >= 4 is 10.1 Å². The van der Waals surface area contributed by atoms with Crippen LogP contribution in [0.2, 0.25) is 0 Å². The fourth-order valence-corrected chi connectivity index (χ4v) is 2.34. The standard InChI is InChI=1S/C14H22O4S/c15-19(16,17)13-7-6-12-18-11-5-4-10-14-8-2-1-3-9-14/h1-3,8-9H,4-7,10-13H2,(H,15,16,17). The zero-order chi connectivity index (χ0) is 14.0. The Morgan fingerprint density at radius 1 is 0.947 bits per heavy atom. The van der Waals surface area contributed by atoms with Crippen LogP contribution in [0, 0.1) is 0 Å². The molecule has 0 heterocycles. The van der Waals surface area contributed by atoms with Crippen LogP contribution >= 0.6 is 0 Å². The third kappa shape index (κ3) is 9.64. The predicted octanol–water partition coefficient (Wildman–Crippen LogP) is 2.69. The van der Waals surface area contributed by atoms with Crippen molar-refractivity contribution < 1.29 is 17.7 Å². The Morgan fingerprint density at radius 2 is 1.58 bits per heavy atom. The van der Waals surface area contributed by atoms with Gasteiger partial charge in [0.1, 0.15) is 0 Å². The van der Waals surface area contributed by atoms with E-state index in [1.54, 1.807) is 0 Å². The molecule has 1 rings (SSSR count). The largest absolute Gasteiger partial charge is 0.381 e. The highest BCUT2D eigenvalue weighted by Gasteiger charge is 2.02. The second kappa shape index (κ2) is 9.07. The molecule has 4 nitrogen and oxygen atoms in total. The molecule has 0 saturated heterocycles. The van der Waals surface area contributed by atoms with E-state index in [0.717, 1.165) is 19.3 Å². The van der Waals surface area contributed by atoms with Crippen molar-refractivity contribution in [3.05, 3.63) is 35.9 Å². The summed E-state index contributed by atoms with van der Waals surface area (Å²) >= 11 is 0. The molecule has 0 atom stereocenters. The molecule has 1 N–H and O–H groups in total. The molecule has 19 heavy (non-hydrogen) atoms. The zero-order valence-corrected chi connectivity index (χ0v) is 11.9. The first-order valence-electron chi connectivity index (χ1n) is 6.65. The van der Waals surface area contributed by atoms with Crippen LogP contribution in [0.3, 0.4) is 0 Å². The molecule has 1 aromatic carbocycles. The van der Waals surface area contributed by atoms with Gasteiger partial charge < -0.3 is 4.74 Å². The SMILES string of the molecule is O=S(=O)(O)CCCCOCCCCc1ccccc1. The first-order valence-corrected chi connectivity index (χ1v) is 8.26. The van der Waals surface area contributed by atoms with E-state index < -0.39 is 10.1 Å². The molecule has 0 aliphatic rings. The Morgan fingerprint density at radius 3 is 2.21 bits per heavy atom. The van der Waals surface area contributed by atoms with Crippen molar-refractivity contribution in [1.82, 2.24) is 0 Å². The second-order valence-electron chi connectivity index (χ2n) is 4.55. The summed E-state index contributed by atoms with van der Waals surface area (Å²) in [6, 6.07) is 10.3. The van der Waals surface area contributed by atoms with E-state index in [-0.39, 0.29) is 5.75 Å². The minimum Gasteiger partial charge on any atom is -0.381 e. The van der Waals surface area contributed by atoms with Crippen LogP contribution in [0.5, 0.6) is 0 Å². The van der Waals surface area contributed by atoms with Crippen molar-refractivity contribution in [2.24, 2.45) is 0 Å². The molecule has 0 fully saturated rings. The zero-order valence-electron chi connectivity index (χ0n) is 11.1. The molecule has 108 valence electrons. The fraction of sp³-hybridized carbons (Fsp3) is 0.571. The molecule has 0 bridgehead atoms. The lowest BCUT2D eigenvalue weighted by Gasteiger charge is -2.04. The summed E-state index contributed by atoms with van der Waals surface area (Å²) in [5, 5.41) is 0. The van der Waals surface area contributed by atoms with Crippen molar-refractivity contribution in [3.8, 4) is 0 Å². The van der Waals surface area contributed by atoms with Gasteiger partial charge in [-0.25, -0.2) is 0 Å². The average molecular weight is 286 g/mol. The minimum absolute atomic E-state index is 0.176. The van der Waals surface area contributed by atoms with Gasteiger partial charge in [0.25, 0.3) is 10.1 Å². The molecular weight excluding hydrogens is 264 g/mol. The van der Waals surface area contributed by atoms with Gasteiger partial charge in [0.05, 0.1) is 5.75 Å². The lowest BCUT2D eigenvalue weighted by atomic mass is 10.1. The average Bonchev–Trinajstić information content (AvgIpc) is 2.37. The van der Waals surface area contributed by atoms with Gasteiger partial charge in [-0.05, 0) is 37.7 Å². The van der Waals surface area contributed by atoms with E-state index in [9.17, 15) is 8.42 Å². The van der Waals surface area contributed by atoms with Crippen LogP contribution in [0.4, 0.5) is 0 Å². The molecule has 0 radical (unpaired) electrons. The number of hydrogen-bond acceptors (Lipinski definition) is 3. The fourth-order valence-electron chi connectivity index (χ4n) is 1.77. The van der Waals surface area contributed by atoms with E-state index in [4.69, 9.17) is 9.29 Å². The van der Waals surface area contributed by atoms with E-state index in [1.165, 1.54) is 5.56 Å². The molecule has 0 saturated carbocycles. The number of aryl methyl sites for hydroxylation is 1. The summed E-state index contributed by atoms with van der Waals surface area (Å²) in [7, 11) is -3.81. The molecule has 0 amide bonds. The summed E-state index contributed by atoms with van der Waals surface area (Å²) in [6.07, 6.45) is 4.27. The Bertz CT molecular complexity index is 428. The maximum absolute atomic E-state index is 10.5. The van der Waals surface area contributed by atoms with Crippen LogP contribution in [0.1, 0.15) is 31.2 Å². The van der Waals surface area contributed by atoms with E-state index in [1.807, 2.05) is 18.2 Å². The summed E-state index contributed by atoms with van der Waals surface area (Å²) in [5.74, 6) is -0.176.